The number of methoxy groups -OCH3 is 1. The summed E-state index contributed by atoms with van der Waals surface area (Å²) in [5.41, 5.74) is 0.629. The van der Waals surface area contributed by atoms with Gasteiger partial charge < -0.3 is 14.7 Å². The minimum Gasteiger partial charge on any atom is -0.497 e. The van der Waals surface area contributed by atoms with Crippen molar-refractivity contribution in [3.8, 4) is 5.75 Å². The molecule has 2 unspecified atom stereocenters. The highest BCUT2D eigenvalue weighted by atomic mass is 19.1. The number of carbonyl (C=O) groups excluding carboxylic acids is 1. The normalized spacial score (nSPS) is 22.5. The van der Waals surface area contributed by atoms with Crippen LogP contribution in [0.4, 0.5) is 4.39 Å². The van der Waals surface area contributed by atoms with E-state index in [-0.39, 0.29) is 23.6 Å². The van der Waals surface area contributed by atoms with Crippen molar-refractivity contribution in [2.24, 2.45) is 0 Å². The van der Waals surface area contributed by atoms with Gasteiger partial charge in [-0.3, -0.25) is 9.69 Å². The fourth-order valence-electron chi connectivity index (χ4n) is 3.44. The van der Waals surface area contributed by atoms with Crippen molar-refractivity contribution in [3.05, 3.63) is 53.9 Å². The van der Waals surface area contributed by atoms with Crippen LogP contribution >= 0.6 is 0 Å². The maximum atomic E-state index is 14.2. The first-order valence-corrected chi connectivity index (χ1v) is 8.70. The molecule has 1 saturated heterocycles. The van der Waals surface area contributed by atoms with Gasteiger partial charge in [-0.15, -0.1) is 0 Å². The molecule has 1 aromatic rings. The molecule has 142 valence electrons. The van der Waals surface area contributed by atoms with Crippen LogP contribution in [0.25, 0.3) is 0 Å². The molecule has 3 atom stereocenters. The van der Waals surface area contributed by atoms with E-state index in [0.717, 1.165) is 0 Å². The van der Waals surface area contributed by atoms with E-state index in [0.29, 0.717) is 24.4 Å². The lowest BCUT2D eigenvalue weighted by atomic mass is 10.0. The van der Waals surface area contributed by atoms with E-state index in [1.807, 2.05) is 31.7 Å². The molecule has 1 aliphatic heterocycles. The molecule has 1 aromatic carbocycles. The van der Waals surface area contributed by atoms with E-state index in [1.165, 1.54) is 19.2 Å². The molecule has 26 heavy (non-hydrogen) atoms. The second kappa shape index (κ2) is 8.47. The van der Waals surface area contributed by atoms with Gasteiger partial charge >= 0.3 is 0 Å². The average Bonchev–Trinajstić information content (AvgIpc) is 2.60. The topological polar surface area (TPSA) is 53.0 Å². The van der Waals surface area contributed by atoms with Crippen LogP contribution in [0.15, 0.2) is 42.5 Å². The Kier molecular flexibility index (Phi) is 6.56. The monoisotopic (exact) mass is 362 g/mol. The van der Waals surface area contributed by atoms with E-state index in [2.05, 4.69) is 6.58 Å². The lowest BCUT2D eigenvalue weighted by molar-refractivity contribution is -0.0564. The number of aliphatic hydroxyl groups is 1. The van der Waals surface area contributed by atoms with Crippen LogP contribution in [0.2, 0.25) is 0 Å². The Balaban J connectivity index is 2.15. The van der Waals surface area contributed by atoms with Crippen LogP contribution in [0.5, 0.6) is 5.75 Å². The van der Waals surface area contributed by atoms with Crippen molar-refractivity contribution in [2.45, 2.75) is 39.1 Å². The van der Waals surface area contributed by atoms with Crippen LogP contribution in [0.3, 0.4) is 0 Å². The van der Waals surface area contributed by atoms with Crippen molar-refractivity contribution < 1.29 is 19.0 Å². The highest BCUT2D eigenvalue weighted by Crippen LogP contribution is 2.24. The molecule has 0 aliphatic carbocycles. The van der Waals surface area contributed by atoms with Gasteiger partial charge in [-0.2, -0.15) is 0 Å². The van der Waals surface area contributed by atoms with Crippen LogP contribution in [0, 0.1) is 5.82 Å². The summed E-state index contributed by atoms with van der Waals surface area (Å²) in [6.07, 6.45) is 2.78. The Morgan fingerprint density at radius 1 is 1.38 bits per heavy atom. The summed E-state index contributed by atoms with van der Waals surface area (Å²) in [5.74, 6) is -0.583. The molecule has 0 bridgehead atoms. The summed E-state index contributed by atoms with van der Waals surface area (Å²) < 4.78 is 19.2. The maximum Gasteiger partial charge on any atom is 0.256 e. The summed E-state index contributed by atoms with van der Waals surface area (Å²) in [7, 11) is 1.45. The first kappa shape index (κ1) is 20.1. The Bertz CT molecular complexity index is 692. The van der Waals surface area contributed by atoms with E-state index in [1.54, 1.807) is 17.0 Å². The molecule has 5 nitrogen and oxygen atoms in total. The van der Waals surface area contributed by atoms with Gasteiger partial charge in [0.15, 0.2) is 0 Å². The van der Waals surface area contributed by atoms with Gasteiger partial charge in [0.2, 0.25) is 0 Å². The van der Waals surface area contributed by atoms with Crippen LogP contribution in [-0.2, 0) is 0 Å². The molecule has 0 aromatic heterocycles. The number of piperazine rings is 1. The Morgan fingerprint density at radius 2 is 2.00 bits per heavy atom. The van der Waals surface area contributed by atoms with Crippen LogP contribution < -0.4 is 4.74 Å². The lowest BCUT2D eigenvalue weighted by Gasteiger charge is -2.46. The van der Waals surface area contributed by atoms with E-state index in [4.69, 9.17) is 4.74 Å². The first-order valence-electron chi connectivity index (χ1n) is 8.70. The Morgan fingerprint density at radius 3 is 2.50 bits per heavy atom. The van der Waals surface area contributed by atoms with Crippen molar-refractivity contribution in [1.82, 2.24) is 9.80 Å². The summed E-state index contributed by atoms with van der Waals surface area (Å²) in [5, 5.41) is 10.6. The average molecular weight is 362 g/mol. The molecule has 1 amide bonds. The Hall–Kier alpha value is -2.18. The fourth-order valence-corrected chi connectivity index (χ4v) is 3.44. The molecule has 0 radical (unpaired) electrons. The molecule has 1 heterocycles. The summed E-state index contributed by atoms with van der Waals surface area (Å²) in [4.78, 5) is 16.3. The number of ether oxygens (including phenoxy) is 1. The molecule has 6 heteroatoms. The summed E-state index contributed by atoms with van der Waals surface area (Å²) in [6.45, 7) is 10.4. The van der Waals surface area contributed by atoms with Crippen molar-refractivity contribution in [2.75, 3.05) is 20.2 Å². The number of amides is 1. The molecule has 1 aliphatic rings. The SMILES string of the molecule is C=C(/C=C\C)C(O)N1C(C)CN(C(=O)c2ccc(OC)cc2F)C[C@H]1C. The second-order valence-corrected chi connectivity index (χ2v) is 6.65. The third-order valence-corrected chi connectivity index (χ3v) is 4.68. The van der Waals surface area contributed by atoms with Gasteiger partial charge in [0.05, 0.1) is 12.7 Å². The molecule has 0 saturated carbocycles. The summed E-state index contributed by atoms with van der Waals surface area (Å²) in [6, 6.07) is 4.04. The number of benzene rings is 1. The van der Waals surface area contributed by atoms with Gasteiger partial charge in [-0.1, -0.05) is 18.7 Å². The van der Waals surface area contributed by atoms with Gasteiger partial charge in [0, 0.05) is 31.2 Å². The number of halogens is 1. The van der Waals surface area contributed by atoms with Crippen LogP contribution in [-0.4, -0.2) is 59.3 Å². The van der Waals surface area contributed by atoms with Crippen molar-refractivity contribution in [1.29, 1.82) is 0 Å². The number of carbonyl (C=O) groups is 1. The van der Waals surface area contributed by atoms with Gasteiger partial charge in [-0.05, 0) is 38.5 Å². The van der Waals surface area contributed by atoms with E-state index >= 15 is 0 Å². The molecule has 1 fully saturated rings. The molecule has 2 rings (SSSR count). The largest absolute Gasteiger partial charge is 0.497 e. The van der Waals surface area contributed by atoms with Gasteiger partial charge in [0.25, 0.3) is 5.91 Å². The zero-order valence-corrected chi connectivity index (χ0v) is 15.8. The second-order valence-electron chi connectivity index (χ2n) is 6.65. The van der Waals surface area contributed by atoms with Gasteiger partial charge in [-0.25, -0.2) is 4.39 Å². The minimum atomic E-state index is -0.814. The zero-order valence-electron chi connectivity index (χ0n) is 15.8. The quantitative estimate of drug-likeness (QED) is 0.819. The standard InChI is InChI=1S/C20H27FN2O3/c1-6-7-13(2)19(24)23-14(3)11-22(12-15(23)4)20(25)17-9-8-16(26-5)10-18(17)21/h6-10,14-15,19,24H,2,11-12H2,1,3-5H3/b7-6-/t14-,15?,19?/m1/s1. The number of hydrogen-bond donors (Lipinski definition) is 1. The van der Waals surface area contributed by atoms with Crippen molar-refractivity contribution in [3.63, 3.8) is 0 Å². The number of aliphatic hydroxyl groups excluding tert-OH is 1. The number of allylic oxidation sites excluding steroid dienone is 1. The maximum absolute atomic E-state index is 14.2. The fraction of sp³-hybridized carbons (Fsp3) is 0.450. The lowest BCUT2D eigenvalue weighted by Crippen LogP contribution is -2.61. The Labute approximate surface area is 154 Å². The smallest absolute Gasteiger partial charge is 0.256 e. The van der Waals surface area contributed by atoms with Gasteiger partial charge in [0.1, 0.15) is 17.8 Å². The highest BCUT2D eigenvalue weighted by molar-refractivity contribution is 5.94. The van der Waals surface area contributed by atoms with E-state index < -0.39 is 12.0 Å². The number of rotatable bonds is 5. The third-order valence-electron chi connectivity index (χ3n) is 4.68. The summed E-state index contributed by atoms with van der Waals surface area (Å²) >= 11 is 0. The molecular formula is C20H27FN2O3. The third kappa shape index (κ3) is 4.14. The highest BCUT2D eigenvalue weighted by Gasteiger charge is 2.36. The van der Waals surface area contributed by atoms with Crippen LogP contribution in [0.1, 0.15) is 31.1 Å². The number of nitrogens with zero attached hydrogens (tertiary/aromatic N) is 2. The molecule has 1 N–H and O–H groups in total. The molecule has 0 spiro atoms. The minimum absolute atomic E-state index is 0.0255. The van der Waals surface area contributed by atoms with E-state index in [9.17, 15) is 14.3 Å². The van der Waals surface area contributed by atoms with Crippen molar-refractivity contribution >= 4 is 5.91 Å². The predicted molar refractivity (Wildman–Crippen MR) is 99.6 cm³/mol. The number of hydrogen-bond acceptors (Lipinski definition) is 4. The molecular weight excluding hydrogens is 335 g/mol. The first-order chi connectivity index (χ1) is 12.3. The zero-order chi connectivity index (χ0) is 19.4. The predicted octanol–water partition coefficient (Wildman–Crippen LogP) is 2.82.